The monoisotopic (exact) mass is 887 g/mol. The average molecular weight is 887 g/mol. The van der Waals surface area contributed by atoms with E-state index in [1.165, 1.54) is 230 Å². The molecule has 0 unspecified atom stereocenters. The van der Waals surface area contributed by atoms with Gasteiger partial charge in [-0.1, -0.05) is 244 Å². The Morgan fingerprint density at radius 2 is 0.542 bits per heavy atom. The maximum Gasteiger partial charge on any atom is 2.00 e. The summed E-state index contributed by atoms with van der Waals surface area (Å²) in [6, 6.07) is 12.9. The Morgan fingerprint density at radius 1 is 0.339 bits per heavy atom. The molecule has 0 spiro atoms. The van der Waals surface area contributed by atoms with Crippen molar-refractivity contribution in [3.8, 4) is 0 Å². The van der Waals surface area contributed by atoms with E-state index in [1.807, 2.05) is 12.1 Å². The first-order valence-electron chi connectivity index (χ1n) is 24.2. The van der Waals surface area contributed by atoms with Crippen molar-refractivity contribution in [2.45, 2.75) is 255 Å². The average Bonchev–Trinajstić information content (AvgIpc) is 3.20. The molecule has 0 aromatic heterocycles. The molecular formula is C50H86CaO6S2. The summed E-state index contributed by atoms with van der Waals surface area (Å²) in [7, 11) is -8.67. The molecule has 0 aliphatic carbocycles. The minimum atomic E-state index is -4.34. The van der Waals surface area contributed by atoms with E-state index in [-0.39, 0.29) is 47.5 Å². The van der Waals surface area contributed by atoms with Crippen molar-refractivity contribution < 1.29 is 25.9 Å². The number of hydrogen-bond donors (Lipinski definition) is 0. The summed E-state index contributed by atoms with van der Waals surface area (Å²) in [6.07, 6.45) is 47.6. The first kappa shape index (κ1) is 58.5. The van der Waals surface area contributed by atoms with Crippen LogP contribution in [0.15, 0.2) is 58.3 Å². The fraction of sp³-hybridized carbons (Fsp3) is 0.760. The van der Waals surface area contributed by atoms with Crippen molar-refractivity contribution in [3.05, 3.63) is 59.7 Å². The largest absolute Gasteiger partial charge is 2.00 e. The molecule has 2 aromatic carbocycles. The summed E-state index contributed by atoms with van der Waals surface area (Å²) in [4.78, 5) is -0.219. The third-order valence-corrected chi connectivity index (χ3v) is 13.2. The molecule has 59 heavy (non-hydrogen) atoms. The number of rotatable bonds is 38. The molecule has 0 bridgehead atoms. The van der Waals surface area contributed by atoms with Crippen molar-refractivity contribution in [2.75, 3.05) is 0 Å². The van der Waals surface area contributed by atoms with Crippen LogP contribution >= 0.6 is 0 Å². The number of unbranched alkanes of at least 4 members (excludes halogenated alkanes) is 32. The van der Waals surface area contributed by atoms with Crippen LogP contribution in [-0.4, -0.2) is 63.7 Å². The Hall–Kier alpha value is -0.480. The van der Waals surface area contributed by atoms with Gasteiger partial charge in [0.25, 0.3) is 0 Å². The van der Waals surface area contributed by atoms with Gasteiger partial charge >= 0.3 is 37.7 Å². The fourth-order valence-electron chi connectivity index (χ4n) is 7.82. The zero-order valence-electron chi connectivity index (χ0n) is 38.0. The van der Waals surface area contributed by atoms with E-state index in [2.05, 4.69) is 13.8 Å². The van der Waals surface area contributed by atoms with Crippen molar-refractivity contribution in [1.29, 1.82) is 0 Å². The summed E-state index contributed by atoms with van der Waals surface area (Å²) < 4.78 is 66.4. The maximum absolute atomic E-state index is 11.1. The predicted molar refractivity (Wildman–Crippen MR) is 250 cm³/mol. The van der Waals surface area contributed by atoms with Crippen molar-refractivity contribution in [1.82, 2.24) is 0 Å². The first-order chi connectivity index (χ1) is 28.1. The molecule has 0 atom stereocenters. The molecule has 0 saturated carbocycles. The SMILES string of the molecule is CCCCCCCCCCCCCCCCCCCc1cccc(S(=O)(=O)[O-])c1.CCCCCCCCCCCCCCCCCCCc1cccc(S(=O)(=O)[O-])c1.[Ca+2]. The van der Waals surface area contributed by atoms with E-state index in [1.54, 1.807) is 12.1 Å². The molecule has 0 aliphatic rings. The standard InChI is InChI=1S/2C25H44O3S.Ca/c2*1-2-3-4-5-6-7-8-9-10-11-12-13-14-15-16-17-18-20-24-21-19-22-25(23-24)29(26,27)28;/h2*19,21-23H,2-18,20H2,1H3,(H,26,27,28);/q;;+2/p-2. The zero-order valence-corrected chi connectivity index (χ0v) is 41.9. The van der Waals surface area contributed by atoms with Crippen LogP contribution in [0.25, 0.3) is 0 Å². The van der Waals surface area contributed by atoms with Gasteiger partial charge in [0.2, 0.25) is 0 Å². The minimum absolute atomic E-state index is 0. The summed E-state index contributed by atoms with van der Waals surface area (Å²) in [6.45, 7) is 4.55. The Bertz CT molecular complexity index is 1340. The second-order valence-electron chi connectivity index (χ2n) is 17.0. The van der Waals surface area contributed by atoms with Gasteiger partial charge in [0.1, 0.15) is 20.2 Å². The molecule has 6 nitrogen and oxygen atoms in total. The van der Waals surface area contributed by atoms with E-state index < -0.39 is 20.2 Å². The van der Waals surface area contributed by atoms with E-state index in [0.717, 1.165) is 36.8 Å². The van der Waals surface area contributed by atoms with Crippen LogP contribution in [0.2, 0.25) is 0 Å². The van der Waals surface area contributed by atoms with Gasteiger partial charge in [-0.25, -0.2) is 16.8 Å². The van der Waals surface area contributed by atoms with Crippen LogP contribution < -0.4 is 0 Å². The van der Waals surface area contributed by atoms with Gasteiger partial charge in [-0.2, -0.15) is 0 Å². The van der Waals surface area contributed by atoms with Gasteiger partial charge in [-0.05, 0) is 61.1 Å². The Balaban J connectivity index is 0.00000112. The van der Waals surface area contributed by atoms with Crippen molar-refractivity contribution >= 4 is 58.0 Å². The van der Waals surface area contributed by atoms with Crippen molar-refractivity contribution in [3.63, 3.8) is 0 Å². The molecule has 9 heteroatoms. The third kappa shape index (κ3) is 36.7. The van der Waals surface area contributed by atoms with Gasteiger partial charge in [0, 0.05) is 0 Å². The Kier molecular flexibility index (Phi) is 40.0. The van der Waals surface area contributed by atoms with Crippen molar-refractivity contribution in [2.24, 2.45) is 0 Å². The first-order valence-corrected chi connectivity index (χ1v) is 27.0. The number of hydrogen-bond acceptors (Lipinski definition) is 6. The quantitative estimate of drug-likeness (QED) is 0.0377. The second-order valence-corrected chi connectivity index (χ2v) is 19.8. The Morgan fingerprint density at radius 3 is 0.746 bits per heavy atom. The van der Waals surface area contributed by atoms with Gasteiger partial charge in [0.05, 0.1) is 9.79 Å². The molecule has 0 N–H and O–H groups in total. The van der Waals surface area contributed by atoms with Gasteiger partial charge in [-0.15, -0.1) is 0 Å². The van der Waals surface area contributed by atoms with Crippen LogP contribution in [0.4, 0.5) is 0 Å². The normalized spacial score (nSPS) is 11.6. The molecule has 0 saturated heterocycles. The molecule has 0 aliphatic heterocycles. The summed E-state index contributed by atoms with van der Waals surface area (Å²) in [5, 5.41) is 0. The van der Waals surface area contributed by atoms with E-state index in [9.17, 15) is 25.9 Å². The second kappa shape index (κ2) is 40.3. The fourth-order valence-corrected chi connectivity index (χ4v) is 8.90. The van der Waals surface area contributed by atoms with E-state index in [4.69, 9.17) is 0 Å². The predicted octanol–water partition coefficient (Wildman–Crippen LogP) is 15.2. The van der Waals surface area contributed by atoms with Gasteiger partial charge in [-0.3, -0.25) is 0 Å². The maximum atomic E-state index is 11.1. The van der Waals surface area contributed by atoms with E-state index in [0.29, 0.717) is 0 Å². The number of aryl methyl sites for hydroxylation is 2. The summed E-state index contributed by atoms with van der Waals surface area (Å²) in [5.41, 5.74) is 1.89. The number of benzene rings is 2. The van der Waals surface area contributed by atoms with Crippen LogP contribution in [0.1, 0.15) is 243 Å². The molecule has 0 amide bonds. The summed E-state index contributed by atoms with van der Waals surface area (Å²) in [5.74, 6) is 0. The molecular weight excluding hydrogens is 801 g/mol. The smallest absolute Gasteiger partial charge is 0.744 e. The molecule has 2 aromatic rings. The zero-order chi connectivity index (χ0) is 42.4. The van der Waals surface area contributed by atoms with Crippen LogP contribution in [0, 0.1) is 0 Å². The molecule has 0 fully saturated rings. The van der Waals surface area contributed by atoms with E-state index >= 15 is 0 Å². The van der Waals surface area contributed by atoms with Crippen LogP contribution in [0.5, 0.6) is 0 Å². The van der Waals surface area contributed by atoms with Crippen LogP contribution in [0.3, 0.4) is 0 Å². The molecule has 0 radical (unpaired) electrons. The van der Waals surface area contributed by atoms with Gasteiger partial charge < -0.3 is 9.11 Å². The minimum Gasteiger partial charge on any atom is -0.744 e. The molecule has 0 heterocycles. The summed E-state index contributed by atoms with van der Waals surface area (Å²) >= 11 is 0. The van der Waals surface area contributed by atoms with Gasteiger partial charge in [0.15, 0.2) is 0 Å². The Labute approximate surface area is 395 Å². The topological polar surface area (TPSA) is 114 Å². The third-order valence-electron chi connectivity index (χ3n) is 11.5. The molecule has 336 valence electrons. The van der Waals surface area contributed by atoms with Crippen LogP contribution in [-0.2, 0) is 33.1 Å². The molecule has 2 rings (SSSR count).